The summed E-state index contributed by atoms with van der Waals surface area (Å²) in [5.74, 6) is 0. The van der Waals surface area contributed by atoms with Crippen molar-refractivity contribution >= 4 is 16.9 Å². The van der Waals surface area contributed by atoms with Crippen LogP contribution in [-0.4, -0.2) is 14.5 Å². The summed E-state index contributed by atoms with van der Waals surface area (Å²) >= 11 is 0. The van der Waals surface area contributed by atoms with E-state index in [2.05, 4.69) is 73.1 Å². The molecule has 0 aliphatic carbocycles. The molecule has 0 atom stereocenters. The minimum Gasteiger partial charge on any atom is -0.379 e. The van der Waals surface area contributed by atoms with Crippen LogP contribution in [0.3, 0.4) is 0 Å². The molecule has 0 amide bonds. The van der Waals surface area contributed by atoms with E-state index in [0.29, 0.717) is 0 Å². The van der Waals surface area contributed by atoms with Crippen LogP contribution in [0, 0.1) is 27.7 Å². The summed E-state index contributed by atoms with van der Waals surface area (Å²) in [6, 6.07) is 16.9. The zero-order valence-electron chi connectivity index (χ0n) is 16.2. The van der Waals surface area contributed by atoms with Crippen LogP contribution in [0.1, 0.15) is 27.9 Å². The number of hydrogen-bond acceptors (Lipinski definition) is 3. The van der Waals surface area contributed by atoms with Crippen molar-refractivity contribution in [2.45, 2.75) is 34.2 Å². The van der Waals surface area contributed by atoms with Crippen LogP contribution in [-0.2, 0) is 6.54 Å². The van der Waals surface area contributed by atoms with Crippen molar-refractivity contribution in [1.82, 2.24) is 14.5 Å². The molecule has 0 saturated heterocycles. The van der Waals surface area contributed by atoms with Crippen molar-refractivity contribution in [3.8, 4) is 5.69 Å². The first-order chi connectivity index (χ1) is 13.0. The van der Waals surface area contributed by atoms with Gasteiger partial charge >= 0.3 is 0 Å². The Morgan fingerprint density at radius 2 is 1.63 bits per heavy atom. The van der Waals surface area contributed by atoms with E-state index in [1.54, 1.807) is 0 Å². The zero-order chi connectivity index (χ0) is 19.0. The number of hydrogen-bond donors (Lipinski definition) is 1. The Morgan fingerprint density at radius 3 is 2.33 bits per heavy atom. The molecule has 0 fully saturated rings. The van der Waals surface area contributed by atoms with Gasteiger partial charge in [-0.2, -0.15) is 0 Å². The monoisotopic (exact) mass is 356 g/mol. The minimum atomic E-state index is 0.759. The van der Waals surface area contributed by atoms with Gasteiger partial charge in [0.15, 0.2) is 5.65 Å². The average molecular weight is 356 g/mol. The standard InChI is InChI=1S/C23H24N4/c1-15-10-16(2)22(17(3)11-15)27-14-25-21-20(12-18(4)26-23(21)27)24-13-19-8-6-5-7-9-19/h5-12,14H,13H2,1-4H3,(H,24,26). The first-order valence-electron chi connectivity index (χ1n) is 9.23. The first kappa shape index (κ1) is 17.3. The van der Waals surface area contributed by atoms with Crippen LogP contribution in [0.2, 0.25) is 0 Å². The van der Waals surface area contributed by atoms with Gasteiger partial charge in [0.2, 0.25) is 0 Å². The molecule has 4 heteroatoms. The average Bonchev–Trinajstić information content (AvgIpc) is 3.03. The van der Waals surface area contributed by atoms with E-state index in [1.165, 1.54) is 22.3 Å². The fraction of sp³-hybridized carbons (Fsp3) is 0.217. The van der Waals surface area contributed by atoms with E-state index < -0.39 is 0 Å². The number of nitrogens with one attached hydrogen (secondary N) is 1. The van der Waals surface area contributed by atoms with Crippen molar-refractivity contribution < 1.29 is 0 Å². The summed E-state index contributed by atoms with van der Waals surface area (Å²) in [6.45, 7) is 9.20. The molecule has 0 saturated carbocycles. The predicted molar refractivity (Wildman–Crippen MR) is 112 cm³/mol. The Morgan fingerprint density at radius 1 is 0.926 bits per heavy atom. The first-order valence-corrected chi connectivity index (χ1v) is 9.23. The fourth-order valence-electron chi connectivity index (χ4n) is 3.76. The number of nitrogens with zero attached hydrogens (tertiary/aromatic N) is 3. The van der Waals surface area contributed by atoms with Gasteiger partial charge in [0.1, 0.15) is 11.8 Å². The molecule has 0 spiro atoms. The lowest BCUT2D eigenvalue weighted by Crippen LogP contribution is -2.03. The fourth-order valence-corrected chi connectivity index (χ4v) is 3.76. The van der Waals surface area contributed by atoms with Crippen LogP contribution in [0.4, 0.5) is 5.69 Å². The van der Waals surface area contributed by atoms with E-state index >= 15 is 0 Å². The Balaban J connectivity index is 1.79. The van der Waals surface area contributed by atoms with Crippen molar-refractivity contribution in [2.75, 3.05) is 5.32 Å². The Kier molecular flexibility index (Phi) is 4.40. The number of pyridine rings is 1. The molecule has 0 aliphatic rings. The second kappa shape index (κ2) is 6.88. The van der Waals surface area contributed by atoms with Crippen molar-refractivity contribution in [2.24, 2.45) is 0 Å². The largest absolute Gasteiger partial charge is 0.379 e. The number of aromatic nitrogens is 3. The third-order valence-corrected chi connectivity index (χ3v) is 4.83. The van der Waals surface area contributed by atoms with Gasteiger partial charge in [0.05, 0.1) is 11.4 Å². The van der Waals surface area contributed by atoms with E-state index in [9.17, 15) is 0 Å². The highest BCUT2D eigenvalue weighted by Crippen LogP contribution is 2.28. The van der Waals surface area contributed by atoms with Crippen LogP contribution in [0.15, 0.2) is 54.9 Å². The molecule has 2 aromatic carbocycles. The van der Waals surface area contributed by atoms with Gasteiger partial charge in [-0.3, -0.25) is 4.57 Å². The molecule has 0 aliphatic heterocycles. The maximum absolute atomic E-state index is 4.79. The van der Waals surface area contributed by atoms with Crippen LogP contribution >= 0.6 is 0 Å². The maximum Gasteiger partial charge on any atom is 0.166 e. The highest BCUT2D eigenvalue weighted by atomic mass is 15.1. The highest BCUT2D eigenvalue weighted by molar-refractivity contribution is 5.87. The van der Waals surface area contributed by atoms with Crippen molar-refractivity contribution in [1.29, 1.82) is 0 Å². The Bertz CT molecular complexity index is 1090. The number of aryl methyl sites for hydroxylation is 4. The summed E-state index contributed by atoms with van der Waals surface area (Å²) in [4.78, 5) is 9.48. The molecule has 1 N–H and O–H groups in total. The molecule has 2 aromatic heterocycles. The lowest BCUT2D eigenvalue weighted by molar-refractivity contribution is 1.02. The van der Waals surface area contributed by atoms with Gasteiger partial charge in [-0.1, -0.05) is 48.0 Å². The molecule has 0 unspecified atom stereocenters. The summed E-state index contributed by atoms with van der Waals surface area (Å²) < 4.78 is 2.11. The number of rotatable bonds is 4. The summed E-state index contributed by atoms with van der Waals surface area (Å²) in [5, 5.41) is 3.53. The quantitative estimate of drug-likeness (QED) is 0.542. The van der Waals surface area contributed by atoms with Gasteiger partial charge in [0, 0.05) is 12.2 Å². The van der Waals surface area contributed by atoms with Crippen molar-refractivity contribution in [3.63, 3.8) is 0 Å². The molecular weight excluding hydrogens is 332 g/mol. The lowest BCUT2D eigenvalue weighted by Gasteiger charge is -2.14. The van der Waals surface area contributed by atoms with Gasteiger partial charge in [-0.15, -0.1) is 0 Å². The Hall–Kier alpha value is -3.14. The SMILES string of the molecule is Cc1cc(C)c(-n2cnc3c(NCc4ccccc4)cc(C)nc32)c(C)c1. The third-order valence-electron chi connectivity index (χ3n) is 4.83. The zero-order valence-corrected chi connectivity index (χ0v) is 16.2. The van der Waals surface area contributed by atoms with Crippen LogP contribution in [0.5, 0.6) is 0 Å². The van der Waals surface area contributed by atoms with Crippen LogP contribution < -0.4 is 5.32 Å². The second-order valence-corrected chi connectivity index (χ2v) is 7.18. The maximum atomic E-state index is 4.79. The lowest BCUT2D eigenvalue weighted by atomic mass is 10.1. The second-order valence-electron chi connectivity index (χ2n) is 7.18. The molecule has 4 nitrogen and oxygen atoms in total. The number of anilines is 1. The molecule has 4 rings (SSSR count). The molecule has 27 heavy (non-hydrogen) atoms. The number of fused-ring (bicyclic) bond motifs is 1. The van der Waals surface area contributed by atoms with E-state index in [4.69, 9.17) is 9.97 Å². The molecular formula is C23H24N4. The topological polar surface area (TPSA) is 42.7 Å². The van der Waals surface area contributed by atoms with Gasteiger partial charge in [-0.05, 0) is 50.5 Å². The molecule has 0 bridgehead atoms. The highest BCUT2D eigenvalue weighted by Gasteiger charge is 2.14. The van der Waals surface area contributed by atoms with Crippen LogP contribution in [0.25, 0.3) is 16.9 Å². The summed E-state index contributed by atoms with van der Waals surface area (Å²) in [7, 11) is 0. The number of benzene rings is 2. The Labute approximate surface area is 159 Å². The summed E-state index contributed by atoms with van der Waals surface area (Å²) in [5.41, 5.74) is 9.91. The normalized spacial score (nSPS) is 11.1. The van der Waals surface area contributed by atoms with Gasteiger partial charge in [-0.25, -0.2) is 9.97 Å². The number of imidazole rings is 1. The third kappa shape index (κ3) is 3.31. The van der Waals surface area contributed by atoms with E-state index in [0.717, 1.165) is 34.8 Å². The van der Waals surface area contributed by atoms with Crippen molar-refractivity contribution in [3.05, 3.63) is 82.8 Å². The molecule has 4 aromatic rings. The molecule has 2 heterocycles. The smallest absolute Gasteiger partial charge is 0.166 e. The van der Waals surface area contributed by atoms with Gasteiger partial charge in [0.25, 0.3) is 0 Å². The van der Waals surface area contributed by atoms with Gasteiger partial charge < -0.3 is 5.32 Å². The molecule has 0 radical (unpaired) electrons. The van der Waals surface area contributed by atoms with E-state index in [-0.39, 0.29) is 0 Å². The van der Waals surface area contributed by atoms with E-state index in [1.807, 2.05) is 19.3 Å². The summed E-state index contributed by atoms with van der Waals surface area (Å²) in [6.07, 6.45) is 1.88. The predicted octanol–water partition coefficient (Wildman–Crippen LogP) is 5.27. The minimum absolute atomic E-state index is 0.759. The molecule has 136 valence electrons.